The lowest BCUT2D eigenvalue weighted by Crippen LogP contribution is -2.32. The van der Waals surface area contributed by atoms with Crippen molar-refractivity contribution in [3.8, 4) is 0 Å². The number of thioether (sulfide) groups is 2. The van der Waals surface area contributed by atoms with Crippen LogP contribution in [-0.2, 0) is 0 Å². The van der Waals surface area contributed by atoms with Crippen molar-refractivity contribution in [3.63, 3.8) is 0 Å². The summed E-state index contributed by atoms with van der Waals surface area (Å²) in [4.78, 5) is 0. The predicted octanol–water partition coefficient (Wildman–Crippen LogP) is 2.34. The fourth-order valence-electron chi connectivity index (χ4n) is 2.67. The van der Waals surface area contributed by atoms with Gasteiger partial charge in [0, 0.05) is 6.61 Å². The molecule has 1 aliphatic heterocycles. The van der Waals surface area contributed by atoms with E-state index in [0.29, 0.717) is 11.2 Å². The number of hydrogen-bond acceptors (Lipinski definition) is 4. The Kier molecular flexibility index (Phi) is 5.33. The van der Waals surface area contributed by atoms with E-state index in [-0.39, 0.29) is 6.10 Å². The second-order valence-electron chi connectivity index (χ2n) is 4.98. The third kappa shape index (κ3) is 3.56. The smallest absolute Gasteiger partial charge is 0.0761 e. The van der Waals surface area contributed by atoms with E-state index in [1.165, 1.54) is 30.8 Å². The van der Waals surface area contributed by atoms with E-state index in [4.69, 9.17) is 5.11 Å². The van der Waals surface area contributed by atoms with Crippen LogP contribution >= 0.6 is 23.5 Å². The summed E-state index contributed by atoms with van der Waals surface area (Å²) in [5.74, 6) is 3.88. The highest BCUT2D eigenvalue weighted by molar-refractivity contribution is 8.17. The van der Waals surface area contributed by atoms with E-state index in [1.54, 1.807) is 0 Å². The summed E-state index contributed by atoms with van der Waals surface area (Å²) in [6.07, 6.45) is 5.56. The molecule has 2 fully saturated rings. The molecule has 0 aromatic carbocycles. The molecule has 2 nitrogen and oxygen atoms in total. The van der Waals surface area contributed by atoms with Gasteiger partial charge in [-0.05, 0) is 55.4 Å². The lowest BCUT2D eigenvalue weighted by Gasteiger charge is -2.38. The molecule has 1 unspecified atom stereocenters. The van der Waals surface area contributed by atoms with Gasteiger partial charge in [-0.3, -0.25) is 0 Å². The average molecular weight is 262 g/mol. The third-order valence-corrected chi connectivity index (χ3v) is 6.76. The molecule has 1 saturated heterocycles. The van der Waals surface area contributed by atoms with Crippen LogP contribution < -0.4 is 0 Å². The molecule has 0 spiro atoms. The molecule has 0 radical (unpaired) electrons. The van der Waals surface area contributed by atoms with Gasteiger partial charge in [0.1, 0.15) is 0 Å². The fraction of sp³-hybridized carbons (Fsp3) is 1.00. The van der Waals surface area contributed by atoms with Gasteiger partial charge in [-0.15, -0.1) is 23.5 Å². The molecule has 2 aliphatic rings. The monoisotopic (exact) mass is 262 g/mol. The zero-order chi connectivity index (χ0) is 11.4. The van der Waals surface area contributed by atoms with Crippen molar-refractivity contribution < 1.29 is 10.2 Å². The lowest BCUT2D eigenvalue weighted by molar-refractivity contribution is 0.0844. The first-order chi connectivity index (χ1) is 7.79. The Labute approximate surface area is 107 Å². The Bertz CT molecular complexity index is 201. The maximum atomic E-state index is 10.1. The molecule has 1 saturated carbocycles. The second kappa shape index (κ2) is 6.53. The van der Waals surface area contributed by atoms with Crippen molar-refractivity contribution in [2.45, 2.75) is 42.8 Å². The van der Waals surface area contributed by atoms with Crippen LogP contribution in [0, 0.1) is 11.8 Å². The van der Waals surface area contributed by atoms with Crippen molar-refractivity contribution in [1.29, 1.82) is 0 Å². The molecule has 94 valence electrons. The van der Waals surface area contributed by atoms with Crippen molar-refractivity contribution in [2.75, 3.05) is 18.1 Å². The van der Waals surface area contributed by atoms with E-state index in [1.807, 2.05) is 23.5 Å². The number of aliphatic hydroxyl groups is 2. The van der Waals surface area contributed by atoms with Crippen LogP contribution in [0.1, 0.15) is 32.1 Å². The van der Waals surface area contributed by atoms with Crippen molar-refractivity contribution in [2.24, 2.45) is 11.8 Å². The standard InChI is InChI=1S/C12H22O2S2/c13-3-2-9-6-10(7-9)8-11(14)12-15-4-1-5-16-12/h9-14H,1-8H2. The summed E-state index contributed by atoms with van der Waals surface area (Å²) in [6, 6.07) is 0. The average Bonchev–Trinajstić information content (AvgIpc) is 2.27. The van der Waals surface area contributed by atoms with Crippen LogP contribution in [0.3, 0.4) is 0 Å². The van der Waals surface area contributed by atoms with Crippen LogP contribution in [0.5, 0.6) is 0 Å². The molecule has 1 atom stereocenters. The molecule has 0 aromatic rings. The zero-order valence-electron chi connectivity index (χ0n) is 9.68. The minimum atomic E-state index is -0.115. The Balaban J connectivity index is 1.62. The van der Waals surface area contributed by atoms with Crippen LogP contribution in [0.2, 0.25) is 0 Å². The highest BCUT2D eigenvalue weighted by atomic mass is 32.2. The van der Waals surface area contributed by atoms with E-state index >= 15 is 0 Å². The molecule has 2 N–H and O–H groups in total. The Hall–Kier alpha value is 0.620. The number of rotatable bonds is 5. The summed E-state index contributed by atoms with van der Waals surface area (Å²) < 4.78 is 0.422. The molecular weight excluding hydrogens is 240 g/mol. The van der Waals surface area contributed by atoms with E-state index in [0.717, 1.165) is 24.7 Å². The van der Waals surface area contributed by atoms with Crippen molar-refractivity contribution in [3.05, 3.63) is 0 Å². The lowest BCUT2D eigenvalue weighted by atomic mass is 9.71. The van der Waals surface area contributed by atoms with Gasteiger partial charge >= 0.3 is 0 Å². The van der Waals surface area contributed by atoms with E-state index < -0.39 is 0 Å². The van der Waals surface area contributed by atoms with Gasteiger partial charge in [-0.25, -0.2) is 0 Å². The Morgan fingerprint density at radius 1 is 1.12 bits per heavy atom. The van der Waals surface area contributed by atoms with Gasteiger partial charge in [-0.2, -0.15) is 0 Å². The molecule has 0 aromatic heterocycles. The van der Waals surface area contributed by atoms with Gasteiger partial charge in [0.25, 0.3) is 0 Å². The minimum Gasteiger partial charge on any atom is -0.396 e. The molecule has 0 bridgehead atoms. The van der Waals surface area contributed by atoms with Crippen LogP contribution in [0.15, 0.2) is 0 Å². The SMILES string of the molecule is OCCC1CC(CC(O)C2SCCCS2)C1. The molecule has 2 rings (SSSR count). The van der Waals surface area contributed by atoms with E-state index in [9.17, 15) is 5.11 Å². The first kappa shape index (κ1) is 13.1. The summed E-state index contributed by atoms with van der Waals surface area (Å²) in [5, 5.41) is 19.0. The molecule has 1 heterocycles. The van der Waals surface area contributed by atoms with E-state index in [2.05, 4.69) is 0 Å². The van der Waals surface area contributed by atoms with Gasteiger partial charge in [0.05, 0.1) is 10.7 Å². The van der Waals surface area contributed by atoms with Crippen molar-refractivity contribution >= 4 is 23.5 Å². The summed E-state index contributed by atoms with van der Waals surface area (Å²) in [6.45, 7) is 0.328. The maximum Gasteiger partial charge on any atom is 0.0761 e. The number of aliphatic hydroxyl groups excluding tert-OH is 2. The first-order valence-corrected chi connectivity index (χ1v) is 8.41. The van der Waals surface area contributed by atoms with Gasteiger partial charge < -0.3 is 10.2 Å². The third-order valence-electron chi connectivity index (χ3n) is 3.61. The normalized spacial score (nSPS) is 33.4. The summed E-state index contributed by atoms with van der Waals surface area (Å²) in [5.41, 5.74) is 0. The number of hydrogen-bond donors (Lipinski definition) is 2. The molecule has 1 aliphatic carbocycles. The molecular formula is C12H22O2S2. The predicted molar refractivity (Wildman–Crippen MR) is 71.9 cm³/mol. The molecule has 4 heteroatoms. The van der Waals surface area contributed by atoms with Crippen molar-refractivity contribution in [1.82, 2.24) is 0 Å². The Morgan fingerprint density at radius 3 is 2.44 bits per heavy atom. The largest absolute Gasteiger partial charge is 0.396 e. The minimum absolute atomic E-state index is 0.115. The van der Waals surface area contributed by atoms with Gasteiger partial charge in [0.2, 0.25) is 0 Å². The fourth-order valence-corrected chi connectivity index (χ4v) is 5.56. The summed E-state index contributed by atoms with van der Waals surface area (Å²) in [7, 11) is 0. The summed E-state index contributed by atoms with van der Waals surface area (Å²) >= 11 is 3.86. The maximum absolute atomic E-state index is 10.1. The Morgan fingerprint density at radius 2 is 1.81 bits per heavy atom. The topological polar surface area (TPSA) is 40.5 Å². The van der Waals surface area contributed by atoms with Gasteiger partial charge in [0.15, 0.2) is 0 Å². The van der Waals surface area contributed by atoms with Crippen LogP contribution in [0.4, 0.5) is 0 Å². The molecule has 16 heavy (non-hydrogen) atoms. The quantitative estimate of drug-likeness (QED) is 0.798. The highest BCUT2D eigenvalue weighted by Gasteiger charge is 2.33. The molecule has 0 amide bonds. The van der Waals surface area contributed by atoms with Crippen LogP contribution in [-0.4, -0.2) is 39.0 Å². The zero-order valence-corrected chi connectivity index (χ0v) is 11.3. The second-order valence-corrected chi connectivity index (χ2v) is 7.78. The van der Waals surface area contributed by atoms with Crippen LogP contribution in [0.25, 0.3) is 0 Å². The highest BCUT2D eigenvalue weighted by Crippen LogP contribution is 2.42. The van der Waals surface area contributed by atoms with Gasteiger partial charge in [-0.1, -0.05) is 0 Å². The first-order valence-electron chi connectivity index (χ1n) is 6.31.